The summed E-state index contributed by atoms with van der Waals surface area (Å²) in [4.78, 5) is 9.40. The number of rotatable bonds is 10. The molecule has 0 unspecified atom stereocenters. The number of hydrogen-bond donors (Lipinski definition) is 2. The van der Waals surface area contributed by atoms with E-state index in [0.29, 0.717) is 5.41 Å². The zero-order valence-electron chi connectivity index (χ0n) is 17.9. The fourth-order valence-corrected chi connectivity index (χ4v) is 3.32. The number of guanidine groups is 1. The van der Waals surface area contributed by atoms with E-state index < -0.39 is 0 Å². The topological polar surface area (TPSA) is 42.9 Å². The molecular weight excluding hydrogens is 437 g/mol. The first-order chi connectivity index (χ1) is 12.0. The molecule has 1 saturated heterocycles. The highest BCUT2D eigenvalue weighted by Gasteiger charge is 2.17. The molecule has 0 aromatic carbocycles. The Balaban J connectivity index is 0.00000625. The minimum atomic E-state index is 0. The summed E-state index contributed by atoms with van der Waals surface area (Å²) in [5.41, 5.74) is 0.324. The average Bonchev–Trinajstić information content (AvgIpc) is 2.79. The van der Waals surface area contributed by atoms with E-state index in [1.807, 2.05) is 7.05 Å². The minimum Gasteiger partial charge on any atom is -0.356 e. The maximum Gasteiger partial charge on any atom is 0.190 e. The predicted molar refractivity (Wildman–Crippen MR) is 126 cm³/mol. The van der Waals surface area contributed by atoms with Gasteiger partial charge in [0.05, 0.1) is 0 Å². The fraction of sp³-hybridized carbons (Fsp3) is 0.950. The van der Waals surface area contributed by atoms with Gasteiger partial charge in [-0.15, -0.1) is 24.0 Å². The lowest BCUT2D eigenvalue weighted by Crippen LogP contribution is -2.43. The second kappa shape index (κ2) is 14.9. The van der Waals surface area contributed by atoms with Crippen molar-refractivity contribution in [2.24, 2.45) is 10.4 Å². The highest BCUT2D eigenvalue weighted by Crippen LogP contribution is 2.22. The molecule has 0 spiro atoms. The summed E-state index contributed by atoms with van der Waals surface area (Å²) in [6.07, 6.45) is 7.68. The van der Waals surface area contributed by atoms with Crippen molar-refractivity contribution < 1.29 is 0 Å². The number of nitrogens with one attached hydrogen (secondary N) is 2. The largest absolute Gasteiger partial charge is 0.356 e. The molecule has 1 aliphatic rings. The zero-order valence-corrected chi connectivity index (χ0v) is 20.3. The standard InChI is InChI=1S/C20H43N5.HI/c1-6-7-8-11-20(2,3)18-23-19(21-4)22-12-9-14-25-15-10-13-24(5)16-17-25;/h6-18H2,1-5H3,(H2,21,22,23);1H. The van der Waals surface area contributed by atoms with E-state index in [2.05, 4.69) is 53.2 Å². The molecule has 0 saturated carbocycles. The molecule has 0 atom stereocenters. The van der Waals surface area contributed by atoms with Crippen LogP contribution in [0.25, 0.3) is 0 Å². The van der Waals surface area contributed by atoms with Crippen LogP contribution in [0, 0.1) is 5.41 Å². The van der Waals surface area contributed by atoms with Gasteiger partial charge in [-0.2, -0.15) is 0 Å². The minimum absolute atomic E-state index is 0. The molecule has 2 N–H and O–H groups in total. The first kappa shape index (κ1) is 25.9. The van der Waals surface area contributed by atoms with Crippen LogP contribution < -0.4 is 10.6 Å². The van der Waals surface area contributed by atoms with Crippen LogP contribution in [0.3, 0.4) is 0 Å². The summed E-state index contributed by atoms with van der Waals surface area (Å²) in [6, 6.07) is 0. The van der Waals surface area contributed by atoms with Gasteiger partial charge < -0.3 is 20.4 Å². The fourth-order valence-electron chi connectivity index (χ4n) is 3.32. The van der Waals surface area contributed by atoms with Crippen molar-refractivity contribution in [3.8, 4) is 0 Å². The van der Waals surface area contributed by atoms with Crippen molar-refractivity contribution in [2.75, 3.05) is 59.9 Å². The Hall–Kier alpha value is -0.0800. The molecule has 5 nitrogen and oxygen atoms in total. The van der Waals surface area contributed by atoms with Crippen LogP contribution in [0.2, 0.25) is 0 Å². The monoisotopic (exact) mass is 481 g/mol. The SMILES string of the molecule is CCCCCC(C)(C)CNC(=NC)NCCCN1CCCN(C)CC1.I. The van der Waals surface area contributed by atoms with Crippen LogP contribution >= 0.6 is 24.0 Å². The number of nitrogens with zero attached hydrogens (tertiary/aromatic N) is 3. The average molecular weight is 482 g/mol. The lowest BCUT2D eigenvalue weighted by molar-refractivity contribution is 0.273. The van der Waals surface area contributed by atoms with Crippen molar-refractivity contribution >= 4 is 29.9 Å². The van der Waals surface area contributed by atoms with Crippen LogP contribution in [0.1, 0.15) is 59.3 Å². The molecule has 0 amide bonds. The molecule has 0 aromatic rings. The molecule has 0 aromatic heterocycles. The molecule has 0 bridgehead atoms. The van der Waals surface area contributed by atoms with E-state index in [9.17, 15) is 0 Å². The van der Waals surface area contributed by atoms with Gasteiger partial charge in [-0.25, -0.2) is 0 Å². The summed E-state index contributed by atoms with van der Waals surface area (Å²) in [6.45, 7) is 15.0. The van der Waals surface area contributed by atoms with Crippen LogP contribution in [-0.4, -0.2) is 75.7 Å². The third-order valence-electron chi connectivity index (χ3n) is 5.17. The number of hydrogen-bond acceptors (Lipinski definition) is 3. The summed E-state index contributed by atoms with van der Waals surface area (Å²) in [5.74, 6) is 0.944. The molecule has 1 fully saturated rings. The van der Waals surface area contributed by atoms with Crippen LogP contribution in [0.15, 0.2) is 4.99 Å². The zero-order chi connectivity index (χ0) is 18.5. The van der Waals surface area contributed by atoms with E-state index in [1.54, 1.807) is 0 Å². The Morgan fingerprint density at radius 3 is 2.50 bits per heavy atom. The normalized spacial score (nSPS) is 17.5. The van der Waals surface area contributed by atoms with Crippen LogP contribution in [0.5, 0.6) is 0 Å². The maximum atomic E-state index is 4.37. The number of unbranched alkanes of at least 4 members (excludes halogenated alkanes) is 2. The second-order valence-corrected chi connectivity index (χ2v) is 8.33. The Labute approximate surface area is 179 Å². The molecule has 26 heavy (non-hydrogen) atoms. The molecule has 0 aliphatic carbocycles. The molecule has 1 aliphatic heterocycles. The summed E-state index contributed by atoms with van der Waals surface area (Å²) >= 11 is 0. The summed E-state index contributed by atoms with van der Waals surface area (Å²) < 4.78 is 0. The van der Waals surface area contributed by atoms with Crippen LogP contribution in [-0.2, 0) is 0 Å². The quantitative estimate of drug-likeness (QED) is 0.217. The number of likely N-dealkylation sites (N-methyl/N-ethyl adjacent to an activating group) is 1. The lowest BCUT2D eigenvalue weighted by atomic mass is 9.87. The van der Waals surface area contributed by atoms with Gasteiger partial charge in [-0.05, 0) is 51.4 Å². The third-order valence-corrected chi connectivity index (χ3v) is 5.17. The molecule has 1 heterocycles. The smallest absolute Gasteiger partial charge is 0.190 e. The van der Waals surface area contributed by atoms with E-state index in [1.165, 1.54) is 71.2 Å². The van der Waals surface area contributed by atoms with Gasteiger partial charge in [0.25, 0.3) is 0 Å². The van der Waals surface area contributed by atoms with Crippen molar-refractivity contribution in [2.45, 2.75) is 59.3 Å². The van der Waals surface area contributed by atoms with E-state index in [0.717, 1.165) is 19.0 Å². The van der Waals surface area contributed by atoms with Gasteiger partial charge in [0, 0.05) is 33.2 Å². The summed E-state index contributed by atoms with van der Waals surface area (Å²) in [5, 5.41) is 6.98. The van der Waals surface area contributed by atoms with Gasteiger partial charge in [-0.3, -0.25) is 4.99 Å². The molecule has 156 valence electrons. The molecule has 6 heteroatoms. The Bertz CT molecular complexity index is 373. The highest BCUT2D eigenvalue weighted by molar-refractivity contribution is 14.0. The Kier molecular flexibility index (Phi) is 14.9. The van der Waals surface area contributed by atoms with E-state index >= 15 is 0 Å². The van der Waals surface area contributed by atoms with Gasteiger partial charge >= 0.3 is 0 Å². The van der Waals surface area contributed by atoms with Crippen molar-refractivity contribution in [1.29, 1.82) is 0 Å². The van der Waals surface area contributed by atoms with Gasteiger partial charge in [0.2, 0.25) is 0 Å². The second-order valence-electron chi connectivity index (χ2n) is 8.33. The summed E-state index contributed by atoms with van der Waals surface area (Å²) in [7, 11) is 4.09. The van der Waals surface area contributed by atoms with Crippen molar-refractivity contribution in [1.82, 2.24) is 20.4 Å². The molecular formula is C20H44IN5. The first-order valence-electron chi connectivity index (χ1n) is 10.3. The first-order valence-corrected chi connectivity index (χ1v) is 10.3. The van der Waals surface area contributed by atoms with Crippen molar-refractivity contribution in [3.05, 3.63) is 0 Å². The Morgan fingerprint density at radius 2 is 1.81 bits per heavy atom. The van der Waals surface area contributed by atoms with Crippen molar-refractivity contribution in [3.63, 3.8) is 0 Å². The Morgan fingerprint density at radius 1 is 1.04 bits per heavy atom. The molecule has 0 radical (unpaired) electrons. The third kappa shape index (κ3) is 12.3. The predicted octanol–water partition coefficient (Wildman–Crippen LogP) is 3.40. The lowest BCUT2D eigenvalue weighted by Gasteiger charge is -2.26. The van der Waals surface area contributed by atoms with E-state index in [4.69, 9.17) is 0 Å². The van der Waals surface area contributed by atoms with E-state index in [-0.39, 0.29) is 24.0 Å². The number of aliphatic imine (C=N–C) groups is 1. The van der Waals surface area contributed by atoms with Gasteiger partial charge in [0.15, 0.2) is 5.96 Å². The maximum absolute atomic E-state index is 4.37. The highest BCUT2D eigenvalue weighted by atomic mass is 127. The van der Waals surface area contributed by atoms with Crippen LogP contribution in [0.4, 0.5) is 0 Å². The number of halogens is 1. The van der Waals surface area contributed by atoms with Gasteiger partial charge in [0.1, 0.15) is 0 Å². The van der Waals surface area contributed by atoms with Gasteiger partial charge in [-0.1, -0.05) is 40.0 Å². The molecule has 1 rings (SSSR count).